The van der Waals surface area contributed by atoms with Gasteiger partial charge < -0.3 is 0 Å². The summed E-state index contributed by atoms with van der Waals surface area (Å²) >= 11 is 0. The van der Waals surface area contributed by atoms with Crippen molar-refractivity contribution in [3.8, 4) is 0 Å². The third kappa shape index (κ3) is 5.28. The van der Waals surface area contributed by atoms with Gasteiger partial charge in [-0.05, 0) is 56.6 Å². The Balaban J connectivity index is 1.68. The lowest BCUT2D eigenvalue weighted by Crippen LogP contribution is -2.33. The Kier molecular flexibility index (Phi) is 7.77. The second-order valence-electron chi connectivity index (χ2n) is 9.32. The molecule has 1 saturated carbocycles. The predicted molar refractivity (Wildman–Crippen MR) is 123 cm³/mol. The standard InChI is InChI=1S/C28H40/c1-4-5-6-7-8-9-14-25-17-19-28(20-18-25,26-15-10-12-23(2)21-26)27-16-11-13-24(3)22-27/h10-13,15-16,21-22,25H,4-9,14,17-20H2,1-3H3. The fraction of sp³-hybridized carbons (Fsp3) is 0.571. The number of aryl methyl sites for hydroxylation is 2. The van der Waals surface area contributed by atoms with Gasteiger partial charge in [-0.25, -0.2) is 0 Å². The van der Waals surface area contributed by atoms with Gasteiger partial charge in [-0.2, -0.15) is 0 Å². The molecule has 2 aromatic carbocycles. The molecule has 28 heavy (non-hydrogen) atoms. The van der Waals surface area contributed by atoms with Crippen molar-refractivity contribution in [2.45, 2.75) is 96.8 Å². The minimum absolute atomic E-state index is 0.218. The van der Waals surface area contributed by atoms with Crippen molar-refractivity contribution in [3.63, 3.8) is 0 Å². The molecular formula is C28H40. The Hall–Kier alpha value is -1.56. The smallest absolute Gasteiger partial charge is 0.0203 e. The number of unbranched alkanes of at least 4 members (excludes halogenated alkanes) is 5. The van der Waals surface area contributed by atoms with E-state index in [-0.39, 0.29) is 5.41 Å². The number of benzene rings is 2. The van der Waals surface area contributed by atoms with Gasteiger partial charge in [0.05, 0.1) is 0 Å². The molecule has 0 saturated heterocycles. The molecule has 2 aromatic rings. The van der Waals surface area contributed by atoms with Crippen LogP contribution in [-0.2, 0) is 5.41 Å². The van der Waals surface area contributed by atoms with Gasteiger partial charge in [-0.3, -0.25) is 0 Å². The molecule has 0 nitrogen and oxygen atoms in total. The summed E-state index contributed by atoms with van der Waals surface area (Å²) in [6, 6.07) is 18.6. The van der Waals surface area contributed by atoms with Gasteiger partial charge in [0.15, 0.2) is 0 Å². The zero-order chi connectivity index (χ0) is 19.8. The molecular weight excluding hydrogens is 336 g/mol. The number of hydrogen-bond donors (Lipinski definition) is 0. The van der Waals surface area contributed by atoms with Crippen molar-refractivity contribution < 1.29 is 0 Å². The molecule has 1 aliphatic rings. The minimum atomic E-state index is 0.218. The summed E-state index contributed by atoms with van der Waals surface area (Å²) in [6.45, 7) is 6.77. The van der Waals surface area contributed by atoms with Gasteiger partial charge >= 0.3 is 0 Å². The van der Waals surface area contributed by atoms with E-state index >= 15 is 0 Å². The molecule has 1 aliphatic carbocycles. The maximum absolute atomic E-state index is 2.44. The van der Waals surface area contributed by atoms with Crippen LogP contribution in [0.5, 0.6) is 0 Å². The second kappa shape index (κ2) is 10.3. The normalized spacial score (nSPS) is 17.0. The summed E-state index contributed by atoms with van der Waals surface area (Å²) in [5.74, 6) is 0.939. The Morgan fingerprint density at radius 1 is 0.750 bits per heavy atom. The first-order valence-corrected chi connectivity index (χ1v) is 11.8. The van der Waals surface area contributed by atoms with Gasteiger partial charge in [0.25, 0.3) is 0 Å². The van der Waals surface area contributed by atoms with Crippen LogP contribution in [0.4, 0.5) is 0 Å². The third-order valence-electron chi connectivity index (χ3n) is 7.07. The van der Waals surface area contributed by atoms with E-state index in [9.17, 15) is 0 Å². The largest absolute Gasteiger partial charge is 0.0654 e. The molecule has 0 heteroatoms. The molecule has 3 rings (SSSR count). The highest BCUT2D eigenvalue weighted by Gasteiger charge is 2.38. The first kappa shape index (κ1) is 21.2. The Morgan fingerprint density at radius 2 is 1.29 bits per heavy atom. The highest BCUT2D eigenvalue weighted by atomic mass is 14.4. The Morgan fingerprint density at radius 3 is 1.82 bits per heavy atom. The van der Waals surface area contributed by atoms with Crippen molar-refractivity contribution in [1.29, 1.82) is 0 Å². The van der Waals surface area contributed by atoms with E-state index < -0.39 is 0 Å². The minimum Gasteiger partial charge on any atom is -0.0654 e. The monoisotopic (exact) mass is 376 g/mol. The topological polar surface area (TPSA) is 0 Å². The highest BCUT2D eigenvalue weighted by Crippen LogP contribution is 2.47. The van der Waals surface area contributed by atoms with Crippen LogP contribution in [-0.4, -0.2) is 0 Å². The Labute approximate surface area is 173 Å². The van der Waals surface area contributed by atoms with Gasteiger partial charge in [0.1, 0.15) is 0 Å². The molecule has 0 unspecified atom stereocenters. The molecule has 152 valence electrons. The van der Waals surface area contributed by atoms with E-state index in [0.29, 0.717) is 0 Å². The predicted octanol–water partition coefficient (Wildman–Crippen LogP) is 8.53. The quantitative estimate of drug-likeness (QED) is 0.385. The molecule has 0 heterocycles. The van der Waals surface area contributed by atoms with Crippen LogP contribution in [0.2, 0.25) is 0 Å². The van der Waals surface area contributed by atoms with E-state index in [1.54, 1.807) is 0 Å². The lowest BCUT2D eigenvalue weighted by molar-refractivity contribution is 0.250. The van der Waals surface area contributed by atoms with Crippen LogP contribution in [0.3, 0.4) is 0 Å². The molecule has 0 aromatic heterocycles. The average molecular weight is 377 g/mol. The molecule has 0 bridgehead atoms. The van der Waals surface area contributed by atoms with Crippen LogP contribution < -0.4 is 0 Å². The van der Waals surface area contributed by atoms with Crippen molar-refractivity contribution in [2.24, 2.45) is 5.92 Å². The Bertz CT molecular complexity index is 671. The van der Waals surface area contributed by atoms with Crippen LogP contribution >= 0.6 is 0 Å². The molecule has 0 amide bonds. The molecule has 0 radical (unpaired) electrons. The lowest BCUT2D eigenvalue weighted by atomic mass is 9.62. The number of hydrogen-bond acceptors (Lipinski definition) is 0. The molecule has 0 atom stereocenters. The molecule has 0 aliphatic heterocycles. The van der Waals surface area contributed by atoms with Crippen molar-refractivity contribution in [2.75, 3.05) is 0 Å². The maximum atomic E-state index is 2.44. The van der Waals surface area contributed by atoms with Crippen LogP contribution in [0.15, 0.2) is 48.5 Å². The summed E-state index contributed by atoms with van der Waals surface area (Å²) in [5, 5.41) is 0. The van der Waals surface area contributed by atoms with E-state index in [0.717, 1.165) is 5.92 Å². The summed E-state index contributed by atoms with van der Waals surface area (Å²) in [7, 11) is 0. The zero-order valence-electron chi connectivity index (χ0n) is 18.5. The van der Waals surface area contributed by atoms with E-state index in [4.69, 9.17) is 0 Å². The molecule has 0 N–H and O–H groups in total. The fourth-order valence-corrected chi connectivity index (χ4v) is 5.30. The van der Waals surface area contributed by atoms with Crippen LogP contribution in [0.25, 0.3) is 0 Å². The van der Waals surface area contributed by atoms with Crippen LogP contribution in [0, 0.1) is 19.8 Å². The van der Waals surface area contributed by atoms with Crippen molar-refractivity contribution >= 4 is 0 Å². The SMILES string of the molecule is CCCCCCCCC1CCC(c2cccc(C)c2)(c2cccc(C)c2)CC1. The van der Waals surface area contributed by atoms with Gasteiger partial charge in [-0.1, -0.05) is 112 Å². The summed E-state index contributed by atoms with van der Waals surface area (Å²) < 4.78 is 0. The fourth-order valence-electron chi connectivity index (χ4n) is 5.30. The third-order valence-corrected chi connectivity index (χ3v) is 7.07. The highest BCUT2D eigenvalue weighted by molar-refractivity contribution is 5.42. The van der Waals surface area contributed by atoms with Gasteiger partial charge in [0, 0.05) is 5.41 Å². The first-order chi connectivity index (χ1) is 13.6. The van der Waals surface area contributed by atoms with Gasteiger partial charge in [-0.15, -0.1) is 0 Å². The lowest BCUT2D eigenvalue weighted by Gasteiger charge is -2.42. The average Bonchev–Trinajstić information content (AvgIpc) is 2.71. The second-order valence-corrected chi connectivity index (χ2v) is 9.32. The van der Waals surface area contributed by atoms with Gasteiger partial charge in [0.2, 0.25) is 0 Å². The molecule has 1 fully saturated rings. The van der Waals surface area contributed by atoms with E-state index in [1.165, 1.54) is 92.9 Å². The van der Waals surface area contributed by atoms with Crippen molar-refractivity contribution in [1.82, 2.24) is 0 Å². The van der Waals surface area contributed by atoms with E-state index in [1.807, 2.05) is 0 Å². The van der Waals surface area contributed by atoms with Crippen molar-refractivity contribution in [3.05, 3.63) is 70.8 Å². The summed E-state index contributed by atoms with van der Waals surface area (Å²) in [6.07, 6.45) is 15.4. The first-order valence-electron chi connectivity index (χ1n) is 11.8. The molecule has 0 spiro atoms. The summed E-state index contributed by atoms with van der Waals surface area (Å²) in [5.41, 5.74) is 6.07. The maximum Gasteiger partial charge on any atom is 0.0203 e. The summed E-state index contributed by atoms with van der Waals surface area (Å²) in [4.78, 5) is 0. The number of rotatable bonds is 9. The zero-order valence-corrected chi connectivity index (χ0v) is 18.5. The van der Waals surface area contributed by atoms with Crippen LogP contribution in [0.1, 0.15) is 99.8 Å². The van der Waals surface area contributed by atoms with E-state index in [2.05, 4.69) is 69.3 Å².